The molecule has 1 radical (unpaired) electrons. The van der Waals surface area contributed by atoms with Gasteiger partial charge in [0.1, 0.15) is 0 Å². The van der Waals surface area contributed by atoms with Gasteiger partial charge in [-0.15, -0.1) is 0 Å². The van der Waals surface area contributed by atoms with Crippen molar-refractivity contribution in [2.24, 2.45) is 5.73 Å². The van der Waals surface area contributed by atoms with Gasteiger partial charge in [0.2, 0.25) is 5.91 Å². The number of aromatic amines is 1. The molecule has 0 aliphatic rings. The highest BCUT2D eigenvalue weighted by Gasteiger charge is 2.14. The van der Waals surface area contributed by atoms with E-state index in [4.69, 9.17) is 5.73 Å². The fraction of sp³-hybridized carbons (Fsp3) is 0.0667. The second-order valence-electron chi connectivity index (χ2n) is 4.49. The Morgan fingerprint density at radius 3 is 2.70 bits per heavy atom. The van der Waals surface area contributed by atoms with E-state index in [1.165, 1.54) is 0 Å². The Morgan fingerprint density at radius 2 is 2.00 bits per heavy atom. The highest BCUT2D eigenvalue weighted by Crippen LogP contribution is 2.15. The Hall–Kier alpha value is -2.82. The smallest absolute Gasteiger partial charge is 0.272 e. The van der Waals surface area contributed by atoms with Crippen LogP contribution < -0.4 is 11.3 Å². The summed E-state index contributed by atoms with van der Waals surface area (Å²) in [5.41, 5.74) is 6.76. The van der Waals surface area contributed by atoms with Gasteiger partial charge in [-0.1, -0.05) is 36.4 Å². The lowest BCUT2D eigenvalue weighted by Gasteiger charge is -2.05. The molecule has 2 aromatic carbocycles. The summed E-state index contributed by atoms with van der Waals surface area (Å²) >= 11 is 0. The maximum atomic E-state index is 12.0. The third kappa shape index (κ3) is 1.99. The molecule has 0 unspecified atom stereocenters. The van der Waals surface area contributed by atoms with E-state index in [2.05, 4.69) is 11.2 Å². The van der Waals surface area contributed by atoms with Crippen molar-refractivity contribution in [3.8, 4) is 0 Å². The number of nitrogens with one attached hydrogen (secondary N) is 1. The van der Waals surface area contributed by atoms with E-state index in [9.17, 15) is 9.59 Å². The van der Waals surface area contributed by atoms with Crippen molar-refractivity contribution in [3.05, 3.63) is 70.0 Å². The van der Waals surface area contributed by atoms with E-state index in [-0.39, 0.29) is 16.5 Å². The van der Waals surface area contributed by atoms with Gasteiger partial charge in [0.15, 0.2) is 0 Å². The van der Waals surface area contributed by atoms with Gasteiger partial charge in [-0.25, -0.2) is 0 Å². The fourth-order valence-electron chi connectivity index (χ4n) is 2.27. The van der Waals surface area contributed by atoms with E-state index in [0.29, 0.717) is 12.1 Å². The number of H-pyrrole nitrogens is 1. The van der Waals surface area contributed by atoms with E-state index in [0.717, 1.165) is 5.56 Å². The summed E-state index contributed by atoms with van der Waals surface area (Å²) in [6.45, 7) is 0.516. The Labute approximate surface area is 114 Å². The normalized spacial score (nSPS) is 10.8. The summed E-state index contributed by atoms with van der Waals surface area (Å²) in [4.78, 5) is 23.4. The molecule has 99 valence electrons. The molecule has 0 atom stereocenters. The number of hydrogen-bond donors (Lipinski definition) is 2. The predicted molar refractivity (Wildman–Crippen MR) is 75.5 cm³/mol. The summed E-state index contributed by atoms with van der Waals surface area (Å²) in [6.07, 6.45) is 0. The summed E-state index contributed by atoms with van der Waals surface area (Å²) in [5.74, 6) is -0.654. The van der Waals surface area contributed by atoms with E-state index in [1.54, 1.807) is 16.8 Å². The van der Waals surface area contributed by atoms with E-state index in [1.807, 2.05) is 30.3 Å². The number of rotatable bonds is 3. The average Bonchev–Trinajstić information content (AvgIpc) is 2.77. The van der Waals surface area contributed by atoms with Gasteiger partial charge in [0, 0.05) is 0 Å². The second-order valence-corrected chi connectivity index (χ2v) is 4.49. The number of fused-ring (bicyclic) bond motifs is 1. The van der Waals surface area contributed by atoms with Gasteiger partial charge in [-0.05, 0) is 17.7 Å². The first-order valence-electron chi connectivity index (χ1n) is 6.14. The maximum Gasteiger partial charge on any atom is 0.272 e. The monoisotopic (exact) mass is 266 g/mol. The molecule has 0 spiro atoms. The molecule has 1 amide bonds. The molecule has 0 saturated heterocycles. The lowest BCUT2D eigenvalue weighted by Crippen LogP contribution is -2.14. The van der Waals surface area contributed by atoms with Crippen LogP contribution in [0, 0.1) is 6.07 Å². The molecule has 3 N–H and O–H groups in total. The summed E-state index contributed by atoms with van der Waals surface area (Å²) in [7, 11) is 0. The number of primary amides is 1. The van der Waals surface area contributed by atoms with Crippen molar-refractivity contribution in [2.45, 2.75) is 6.54 Å². The SMILES string of the molecule is NC(=O)c1[c]ccc2c1c(=O)[nH]n2Cc1ccccc1. The minimum Gasteiger partial charge on any atom is -0.366 e. The van der Waals surface area contributed by atoms with Gasteiger partial charge in [0.25, 0.3) is 5.56 Å². The van der Waals surface area contributed by atoms with Crippen LogP contribution in [0.3, 0.4) is 0 Å². The molecule has 20 heavy (non-hydrogen) atoms. The van der Waals surface area contributed by atoms with Crippen LogP contribution in [0.2, 0.25) is 0 Å². The van der Waals surface area contributed by atoms with Crippen LogP contribution in [-0.2, 0) is 6.54 Å². The van der Waals surface area contributed by atoms with Crippen LogP contribution in [0.1, 0.15) is 15.9 Å². The van der Waals surface area contributed by atoms with E-state index < -0.39 is 5.91 Å². The quantitative estimate of drug-likeness (QED) is 0.748. The molecule has 3 aromatic rings. The highest BCUT2D eigenvalue weighted by molar-refractivity contribution is 6.05. The topological polar surface area (TPSA) is 80.9 Å². The number of nitrogens with zero attached hydrogens (tertiary/aromatic N) is 1. The predicted octanol–water partition coefficient (Wildman–Crippen LogP) is 1.28. The van der Waals surface area contributed by atoms with Crippen LogP contribution in [-0.4, -0.2) is 15.7 Å². The maximum absolute atomic E-state index is 12.0. The summed E-state index contributed by atoms with van der Waals surface area (Å²) in [5, 5.41) is 3.02. The third-order valence-corrected chi connectivity index (χ3v) is 3.16. The number of amides is 1. The number of carbonyl (C=O) groups excluding carboxylic acids is 1. The van der Waals surface area contributed by atoms with Gasteiger partial charge in [-0.3, -0.25) is 19.4 Å². The zero-order valence-corrected chi connectivity index (χ0v) is 10.6. The average molecular weight is 266 g/mol. The molecule has 5 nitrogen and oxygen atoms in total. The molecule has 1 aromatic heterocycles. The Balaban J connectivity index is 2.17. The van der Waals surface area contributed by atoms with Crippen molar-refractivity contribution in [2.75, 3.05) is 0 Å². The van der Waals surface area contributed by atoms with Crippen LogP contribution in [0.4, 0.5) is 0 Å². The highest BCUT2D eigenvalue weighted by atomic mass is 16.1. The van der Waals surface area contributed by atoms with Crippen LogP contribution in [0.5, 0.6) is 0 Å². The van der Waals surface area contributed by atoms with Crippen molar-refractivity contribution in [3.63, 3.8) is 0 Å². The number of hydrogen-bond acceptors (Lipinski definition) is 2. The van der Waals surface area contributed by atoms with Crippen LogP contribution >= 0.6 is 0 Å². The summed E-state index contributed by atoms with van der Waals surface area (Å²) in [6, 6.07) is 15.8. The molecule has 0 bridgehead atoms. The van der Waals surface area contributed by atoms with Crippen molar-refractivity contribution in [1.29, 1.82) is 0 Å². The second kappa shape index (κ2) is 4.70. The van der Waals surface area contributed by atoms with Gasteiger partial charge >= 0.3 is 0 Å². The largest absolute Gasteiger partial charge is 0.366 e. The molecule has 0 aliphatic carbocycles. The third-order valence-electron chi connectivity index (χ3n) is 3.16. The number of nitrogens with two attached hydrogens (primary N) is 1. The number of carbonyl (C=O) groups is 1. The molecule has 0 aliphatic heterocycles. The first-order chi connectivity index (χ1) is 9.66. The van der Waals surface area contributed by atoms with Crippen molar-refractivity contribution in [1.82, 2.24) is 9.78 Å². The van der Waals surface area contributed by atoms with Crippen molar-refractivity contribution >= 4 is 16.8 Å². The zero-order chi connectivity index (χ0) is 14.1. The van der Waals surface area contributed by atoms with E-state index >= 15 is 0 Å². The van der Waals surface area contributed by atoms with Gasteiger partial charge in [0.05, 0.1) is 23.0 Å². The lowest BCUT2D eigenvalue weighted by molar-refractivity contribution is 0.100. The first kappa shape index (κ1) is 12.2. The van der Waals surface area contributed by atoms with Crippen LogP contribution in [0.15, 0.2) is 47.3 Å². The molecule has 1 heterocycles. The Kier molecular flexibility index (Phi) is 2.87. The molecule has 0 fully saturated rings. The minimum absolute atomic E-state index is 0.121. The minimum atomic E-state index is -0.654. The number of benzene rings is 2. The van der Waals surface area contributed by atoms with Crippen molar-refractivity contribution < 1.29 is 4.79 Å². The lowest BCUT2D eigenvalue weighted by atomic mass is 10.1. The first-order valence-corrected chi connectivity index (χ1v) is 6.14. The number of aromatic nitrogens is 2. The van der Waals surface area contributed by atoms with Crippen LogP contribution in [0.25, 0.3) is 10.9 Å². The molecular weight excluding hydrogens is 254 g/mol. The molecule has 5 heteroatoms. The van der Waals surface area contributed by atoms with Gasteiger partial charge < -0.3 is 5.73 Å². The Morgan fingerprint density at radius 1 is 1.25 bits per heavy atom. The van der Waals surface area contributed by atoms with Gasteiger partial charge in [-0.2, -0.15) is 0 Å². The summed E-state index contributed by atoms with van der Waals surface area (Å²) < 4.78 is 1.70. The molecular formula is C15H12N3O2. The zero-order valence-electron chi connectivity index (χ0n) is 10.6. The standard InChI is InChI=1S/C15H12N3O2/c16-14(19)11-7-4-8-12-13(11)15(20)17-18(12)9-10-5-2-1-3-6-10/h1-6,8H,9H2,(H2,16,19)(H,17,20). The molecule has 3 rings (SSSR count). The fourth-order valence-corrected chi connectivity index (χ4v) is 2.27. The molecule has 0 saturated carbocycles. The Bertz CT molecular complexity index is 831.